The van der Waals surface area contributed by atoms with Gasteiger partial charge in [-0.15, -0.1) is 11.6 Å². The number of halogens is 1. The molecule has 0 aromatic heterocycles. The van der Waals surface area contributed by atoms with E-state index in [1.807, 2.05) is 25.1 Å². The Labute approximate surface area is 132 Å². The average molecular weight is 310 g/mol. The maximum Gasteiger partial charge on any atom is 0.255 e. The van der Waals surface area contributed by atoms with E-state index in [9.17, 15) is 4.79 Å². The van der Waals surface area contributed by atoms with E-state index in [1.54, 1.807) is 6.07 Å². The van der Waals surface area contributed by atoms with Crippen molar-refractivity contribution in [3.63, 3.8) is 0 Å². The van der Waals surface area contributed by atoms with Crippen LogP contribution in [0.3, 0.4) is 0 Å². The van der Waals surface area contributed by atoms with Crippen LogP contribution in [-0.2, 0) is 0 Å². The summed E-state index contributed by atoms with van der Waals surface area (Å²) >= 11 is 6.17. The van der Waals surface area contributed by atoms with Crippen LogP contribution in [0.5, 0.6) is 5.75 Å². The van der Waals surface area contributed by atoms with Gasteiger partial charge in [-0.1, -0.05) is 19.1 Å². The Morgan fingerprint density at radius 3 is 2.67 bits per heavy atom. The van der Waals surface area contributed by atoms with E-state index in [2.05, 4.69) is 12.2 Å². The van der Waals surface area contributed by atoms with Gasteiger partial charge in [-0.05, 0) is 50.7 Å². The summed E-state index contributed by atoms with van der Waals surface area (Å²) in [4.78, 5) is 12.6. The Hall–Kier alpha value is -1.22. The third-order valence-electron chi connectivity index (χ3n) is 4.30. The SMILES string of the molecule is CCOc1ccccc1C(=O)NC1(CCl)CCC(C)CC1. The summed E-state index contributed by atoms with van der Waals surface area (Å²) in [6, 6.07) is 7.36. The molecule has 2 rings (SSSR count). The van der Waals surface area contributed by atoms with Gasteiger partial charge in [-0.2, -0.15) is 0 Å². The van der Waals surface area contributed by atoms with Crippen LogP contribution in [0.25, 0.3) is 0 Å². The quantitative estimate of drug-likeness (QED) is 0.835. The molecule has 0 spiro atoms. The van der Waals surface area contributed by atoms with Gasteiger partial charge in [0.25, 0.3) is 5.91 Å². The molecule has 1 aliphatic rings. The highest BCUT2D eigenvalue weighted by atomic mass is 35.5. The molecular formula is C17H24ClNO2. The molecule has 0 atom stereocenters. The summed E-state index contributed by atoms with van der Waals surface area (Å²) < 4.78 is 5.54. The van der Waals surface area contributed by atoms with Gasteiger partial charge in [0, 0.05) is 5.88 Å². The zero-order chi connectivity index (χ0) is 15.3. The molecule has 1 aliphatic carbocycles. The number of carbonyl (C=O) groups is 1. The zero-order valence-electron chi connectivity index (χ0n) is 12.8. The summed E-state index contributed by atoms with van der Waals surface area (Å²) in [5.41, 5.74) is 0.312. The lowest BCUT2D eigenvalue weighted by atomic mass is 9.78. The highest BCUT2D eigenvalue weighted by molar-refractivity contribution is 6.19. The smallest absolute Gasteiger partial charge is 0.255 e. The molecule has 1 amide bonds. The largest absolute Gasteiger partial charge is 0.493 e. The summed E-state index contributed by atoms with van der Waals surface area (Å²) in [5, 5.41) is 3.17. The van der Waals surface area contributed by atoms with Gasteiger partial charge in [0.1, 0.15) is 5.75 Å². The van der Waals surface area contributed by atoms with Crippen LogP contribution in [0.4, 0.5) is 0 Å². The number of benzene rings is 1. The number of hydrogen-bond donors (Lipinski definition) is 1. The summed E-state index contributed by atoms with van der Waals surface area (Å²) in [7, 11) is 0. The first kappa shape index (κ1) is 16.2. The van der Waals surface area contributed by atoms with E-state index in [0.29, 0.717) is 29.7 Å². The maximum atomic E-state index is 12.6. The highest BCUT2D eigenvalue weighted by Gasteiger charge is 2.35. The Morgan fingerprint density at radius 2 is 2.05 bits per heavy atom. The molecule has 0 heterocycles. The van der Waals surface area contributed by atoms with Gasteiger partial charge < -0.3 is 10.1 Å². The standard InChI is InChI=1S/C17H24ClNO2/c1-3-21-15-7-5-4-6-14(15)16(20)19-17(12-18)10-8-13(2)9-11-17/h4-7,13H,3,8-12H2,1-2H3,(H,19,20). The maximum absolute atomic E-state index is 12.6. The van der Waals surface area contributed by atoms with Gasteiger partial charge in [0.2, 0.25) is 0 Å². The van der Waals surface area contributed by atoms with Crippen LogP contribution in [0.2, 0.25) is 0 Å². The molecule has 1 fully saturated rings. The van der Waals surface area contributed by atoms with Crippen molar-refractivity contribution >= 4 is 17.5 Å². The molecule has 0 bridgehead atoms. The fourth-order valence-corrected chi connectivity index (χ4v) is 3.18. The first-order chi connectivity index (χ1) is 10.1. The number of hydrogen-bond acceptors (Lipinski definition) is 2. The number of nitrogens with one attached hydrogen (secondary N) is 1. The van der Waals surface area contributed by atoms with Crippen LogP contribution in [0, 0.1) is 5.92 Å². The lowest BCUT2D eigenvalue weighted by Crippen LogP contribution is -2.52. The zero-order valence-corrected chi connectivity index (χ0v) is 13.6. The fraction of sp³-hybridized carbons (Fsp3) is 0.588. The van der Waals surface area contributed by atoms with E-state index in [-0.39, 0.29) is 11.4 Å². The van der Waals surface area contributed by atoms with Gasteiger partial charge >= 0.3 is 0 Å². The second-order valence-electron chi connectivity index (χ2n) is 5.98. The van der Waals surface area contributed by atoms with E-state index in [4.69, 9.17) is 16.3 Å². The van der Waals surface area contributed by atoms with Crippen molar-refractivity contribution in [1.82, 2.24) is 5.32 Å². The number of amides is 1. The Morgan fingerprint density at radius 1 is 1.38 bits per heavy atom. The molecule has 0 unspecified atom stereocenters. The molecule has 3 nitrogen and oxygen atoms in total. The monoisotopic (exact) mass is 309 g/mol. The lowest BCUT2D eigenvalue weighted by Gasteiger charge is -2.38. The lowest BCUT2D eigenvalue weighted by molar-refractivity contribution is 0.0868. The van der Waals surface area contributed by atoms with Gasteiger partial charge in [-0.3, -0.25) is 4.79 Å². The first-order valence-electron chi connectivity index (χ1n) is 7.70. The number of ether oxygens (including phenoxy) is 1. The van der Waals surface area contributed by atoms with E-state index >= 15 is 0 Å². The van der Waals surface area contributed by atoms with Crippen molar-refractivity contribution in [2.24, 2.45) is 5.92 Å². The second kappa shape index (κ2) is 7.17. The van der Waals surface area contributed by atoms with Crippen molar-refractivity contribution in [3.05, 3.63) is 29.8 Å². The highest BCUT2D eigenvalue weighted by Crippen LogP contribution is 2.33. The molecule has 0 radical (unpaired) electrons. The van der Waals surface area contributed by atoms with Crippen LogP contribution in [0.1, 0.15) is 49.9 Å². The predicted molar refractivity (Wildman–Crippen MR) is 86.2 cm³/mol. The number of alkyl halides is 1. The normalized spacial score (nSPS) is 25.4. The Balaban J connectivity index is 2.13. The van der Waals surface area contributed by atoms with Crippen molar-refractivity contribution in [2.45, 2.75) is 45.1 Å². The van der Waals surface area contributed by atoms with Crippen molar-refractivity contribution in [2.75, 3.05) is 12.5 Å². The van der Waals surface area contributed by atoms with Crippen LogP contribution in [-0.4, -0.2) is 23.9 Å². The number of rotatable bonds is 5. The molecule has 1 aromatic carbocycles. The van der Waals surface area contributed by atoms with Gasteiger partial charge in [0.05, 0.1) is 17.7 Å². The number of carbonyl (C=O) groups excluding carboxylic acids is 1. The fourth-order valence-electron chi connectivity index (χ4n) is 2.85. The van der Waals surface area contributed by atoms with E-state index in [0.717, 1.165) is 25.7 Å². The number of para-hydroxylation sites is 1. The van der Waals surface area contributed by atoms with E-state index < -0.39 is 0 Å². The molecule has 1 N–H and O–H groups in total. The summed E-state index contributed by atoms with van der Waals surface area (Å²) in [6.07, 6.45) is 4.11. The third kappa shape index (κ3) is 3.91. The van der Waals surface area contributed by atoms with Crippen molar-refractivity contribution in [1.29, 1.82) is 0 Å². The minimum Gasteiger partial charge on any atom is -0.493 e. The van der Waals surface area contributed by atoms with Crippen molar-refractivity contribution < 1.29 is 9.53 Å². The van der Waals surface area contributed by atoms with Crippen LogP contribution >= 0.6 is 11.6 Å². The molecule has 4 heteroatoms. The predicted octanol–water partition coefficient (Wildman–Crippen LogP) is 4.00. The Kier molecular flexibility index (Phi) is 5.51. The molecule has 21 heavy (non-hydrogen) atoms. The van der Waals surface area contributed by atoms with Crippen LogP contribution < -0.4 is 10.1 Å². The summed E-state index contributed by atoms with van der Waals surface area (Å²) in [6.45, 7) is 4.71. The second-order valence-corrected chi connectivity index (χ2v) is 6.25. The molecule has 0 saturated heterocycles. The minimum absolute atomic E-state index is 0.0887. The van der Waals surface area contributed by atoms with Gasteiger partial charge in [-0.25, -0.2) is 0 Å². The van der Waals surface area contributed by atoms with Crippen molar-refractivity contribution in [3.8, 4) is 5.75 Å². The van der Waals surface area contributed by atoms with Crippen LogP contribution in [0.15, 0.2) is 24.3 Å². The van der Waals surface area contributed by atoms with E-state index in [1.165, 1.54) is 0 Å². The molecule has 0 aliphatic heterocycles. The summed E-state index contributed by atoms with van der Waals surface area (Å²) in [5.74, 6) is 1.72. The minimum atomic E-state index is -0.273. The Bertz CT molecular complexity index is 481. The third-order valence-corrected chi connectivity index (χ3v) is 4.81. The topological polar surface area (TPSA) is 38.3 Å². The molecular weight excluding hydrogens is 286 g/mol. The average Bonchev–Trinajstić information content (AvgIpc) is 2.51. The first-order valence-corrected chi connectivity index (χ1v) is 8.24. The molecule has 1 aromatic rings. The van der Waals surface area contributed by atoms with Gasteiger partial charge in [0.15, 0.2) is 0 Å². The molecule has 1 saturated carbocycles. The molecule has 116 valence electrons.